The maximum absolute atomic E-state index is 12.2. The SMILES string of the molecule is CC(C)CNC(=O)C(=O)NCC(c1ccco1)N1CCN(c2ccccc2)CC1. The van der Waals surface area contributed by atoms with Crippen LogP contribution in [0.25, 0.3) is 0 Å². The molecule has 1 aliphatic rings. The first-order chi connectivity index (χ1) is 14.0. The van der Waals surface area contributed by atoms with E-state index in [4.69, 9.17) is 4.42 Å². The Morgan fingerprint density at radius 1 is 0.931 bits per heavy atom. The third kappa shape index (κ3) is 5.84. The Labute approximate surface area is 172 Å². The number of piperazine rings is 1. The molecule has 1 aromatic carbocycles. The molecule has 2 aromatic rings. The first-order valence-corrected chi connectivity index (χ1v) is 10.2. The molecule has 2 amide bonds. The molecule has 29 heavy (non-hydrogen) atoms. The molecule has 0 aliphatic carbocycles. The van der Waals surface area contributed by atoms with Gasteiger partial charge in [0.2, 0.25) is 0 Å². The van der Waals surface area contributed by atoms with Crippen LogP contribution in [0.1, 0.15) is 25.6 Å². The molecule has 2 N–H and O–H groups in total. The van der Waals surface area contributed by atoms with Crippen molar-refractivity contribution in [3.63, 3.8) is 0 Å². The summed E-state index contributed by atoms with van der Waals surface area (Å²) in [5, 5.41) is 5.42. The van der Waals surface area contributed by atoms with Crippen LogP contribution in [0.15, 0.2) is 53.1 Å². The Morgan fingerprint density at radius 2 is 1.59 bits per heavy atom. The molecule has 0 bridgehead atoms. The van der Waals surface area contributed by atoms with Crippen molar-refractivity contribution in [3.8, 4) is 0 Å². The number of carbonyl (C=O) groups is 2. The number of benzene rings is 1. The van der Waals surface area contributed by atoms with Crippen molar-refractivity contribution in [1.82, 2.24) is 15.5 Å². The number of para-hydroxylation sites is 1. The number of nitrogens with zero attached hydrogens (tertiary/aromatic N) is 2. The van der Waals surface area contributed by atoms with Crippen molar-refractivity contribution in [2.75, 3.05) is 44.2 Å². The van der Waals surface area contributed by atoms with Gasteiger partial charge in [0.1, 0.15) is 5.76 Å². The summed E-state index contributed by atoms with van der Waals surface area (Å²) >= 11 is 0. The van der Waals surface area contributed by atoms with Crippen molar-refractivity contribution in [1.29, 1.82) is 0 Å². The quantitative estimate of drug-likeness (QED) is 0.698. The molecule has 7 nitrogen and oxygen atoms in total. The van der Waals surface area contributed by atoms with E-state index in [1.54, 1.807) is 6.26 Å². The van der Waals surface area contributed by atoms with Gasteiger partial charge in [-0.15, -0.1) is 0 Å². The largest absolute Gasteiger partial charge is 0.468 e. The van der Waals surface area contributed by atoms with Crippen LogP contribution in [-0.2, 0) is 9.59 Å². The topological polar surface area (TPSA) is 77.8 Å². The molecule has 0 radical (unpaired) electrons. The van der Waals surface area contributed by atoms with E-state index in [1.807, 2.05) is 44.2 Å². The van der Waals surface area contributed by atoms with Crippen LogP contribution in [0.2, 0.25) is 0 Å². The normalized spacial score (nSPS) is 15.9. The summed E-state index contributed by atoms with van der Waals surface area (Å²) in [7, 11) is 0. The van der Waals surface area contributed by atoms with Gasteiger partial charge in [0.25, 0.3) is 0 Å². The Hall–Kier alpha value is -2.80. The van der Waals surface area contributed by atoms with Gasteiger partial charge in [-0.05, 0) is 30.2 Å². The molecule has 1 aliphatic heterocycles. The summed E-state index contributed by atoms with van der Waals surface area (Å²) in [6.07, 6.45) is 1.64. The molecule has 1 aromatic heterocycles. The maximum Gasteiger partial charge on any atom is 0.309 e. The Bertz CT molecular complexity index is 769. The minimum Gasteiger partial charge on any atom is -0.468 e. The Morgan fingerprint density at radius 3 is 2.17 bits per heavy atom. The molecule has 1 fully saturated rings. The van der Waals surface area contributed by atoms with Gasteiger partial charge >= 0.3 is 11.8 Å². The number of rotatable bonds is 7. The van der Waals surface area contributed by atoms with Crippen molar-refractivity contribution in [3.05, 3.63) is 54.5 Å². The van der Waals surface area contributed by atoms with E-state index >= 15 is 0 Å². The van der Waals surface area contributed by atoms with Gasteiger partial charge in [0.15, 0.2) is 0 Å². The van der Waals surface area contributed by atoms with Crippen LogP contribution < -0.4 is 15.5 Å². The highest BCUT2D eigenvalue weighted by atomic mass is 16.3. The minimum absolute atomic E-state index is 0.107. The number of hydrogen-bond acceptors (Lipinski definition) is 5. The lowest BCUT2D eigenvalue weighted by molar-refractivity contribution is -0.139. The van der Waals surface area contributed by atoms with Crippen LogP contribution in [0, 0.1) is 5.92 Å². The Kier molecular flexibility index (Phi) is 7.30. The predicted octanol–water partition coefficient (Wildman–Crippen LogP) is 2.03. The standard InChI is InChI=1S/C22H30N4O3/c1-17(2)15-23-21(27)22(28)24-16-19(20-9-6-14-29-20)26-12-10-25(11-13-26)18-7-4-3-5-8-18/h3-9,14,17,19H,10-13,15-16H2,1-2H3,(H,23,27)(H,24,28). The van der Waals surface area contributed by atoms with Crippen LogP contribution in [0.3, 0.4) is 0 Å². The molecule has 3 rings (SSSR count). The number of carbonyl (C=O) groups excluding carboxylic acids is 2. The van der Waals surface area contributed by atoms with E-state index in [2.05, 4.69) is 32.6 Å². The summed E-state index contributed by atoms with van der Waals surface area (Å²) in [6.45, 7) is 8.25. The second-order valence-corrected chi connectivity index (χ2v) is 7.70. The fourth-order valence-corrected chi connectivity index (χ4v) is 3.47. The van der Waals surface area contributed by atoms with Crippen LogP contribution in [0.4, 0.5) is 5.69 Å². The smallest absolute Gasteiger partial charge is 0.309 e. The zero-order valence-electron chi connectivity index (χ0n) is 17.1. The molecule has 0 spiro atoms. The van der Waals surface area contributed by atoms with Crippen molar-refractivity contribution in [2.24, 2.45) is 5.92 Å². The number of anilines is 1. The molecule has 2 heterocycles. The van der Waals surface area contributed by atoms with E-state index in [-0.39, 0.29) is 6.04 Å². The highest BCUT2D eigenvalue weighted by Crippen LogP contribution is 2.24. The van der Waals surface area contributed by atoms with Gasteiger partial charge in [-0.1, -0.05) is 32.0 Å². The lowest BCUT2D eigenvalue weighted by Crippen LogP contribution is -2.51. The van der Waals surface area contributed by atoms with Crippen molar-refractivity contribution >= 4 is 17.5 Å². The minimum atomic E-state index is -0.606. The van der Waals surface area contributed by atoms with Gasteiger partial charge < -0.3 is 20.0 Å². The molecule has 0 saturated carbocycles. The van der Waals surface area contributed by atoms with Crippen LogP contribution in [0.5, 0.6) is 0 Å². The molecule has 1 unspecified atom stereocenters. The zero-order valence-corrected chi connectivity index (χ0v) is 17.1. The highest BCUT2D eigenvalue weighted by molar-refractivity contribution is 6.35. The highest BCUT2D eigenvalue weighted by Gasteiger charge is 2.28. The predicted molar refractivity (Wildman–Crippen MR) is 113 cm³/mol. The van der Waals surface area contributed by atoms with E-state index in [0.29, 0.717) is 19.0 Å². The Balaban J connectivity index is 1.57. The first-order valence-electron chi connectivity index (χ1n) is 10.2. The molecule has 156 valence electrons. The molecule has 1 atom stereocenters. The van der Waals surface area contributed by atoms with E-state index in [9.17, 15) is 9.59 Å². The second-order valence-electron chi connectivity index (χ2n) is 7.70. The third-order valence-electron chi connectivity index (χ3n) is 5.08. The van der Waals surface area contributed by atoms with E-state index in [0.717, 1.165) is 31.9 Å². The van der Waals surface area contributed by atoms with Crippen LogP contribution in [-0.4, -0.2) is 56.0 Å². The monoisotopic (exact) mass is 398 g/mol. The van der Waals surface area contributed by atoms with Crippen molar-refractivity contribution in [2.45, 2.75) is 19.9 Å². The van der Waals surface area contributed by atoms with Gasteiger partial charge in [0.05, 0.1) is 12.3 Å². The zero-order chi connectivity index (χ0) is 20.6. The summed E-state index contributed by atoms with van der Waals surface area (Å²) < 4.78 is 5.62. The second kappa shape index (κ2) is 10.1. The fourth-order valence-electron chi connectivity index (χ4n) is 3.47. The fraction of sp³-hybridized carbons (Fsp3) is 0.455. The van der Waals surface area contributed by atoms with Gasteiger partial charge in [0, 0.05) is 45.0 Å². The molecule has 7 heteroatoms. The third-order valence-corrected chi connectivity index (χ3v) is 5.08. The van der Waals surface area contributed by atoms with Crippen LogP contribution >= 0.6 is 0 Å². The first kappa shape index (κ1) is 20.9. The van der Waals surface area contributed by atoms with Gasteiger partial charge in [-0.2, -0.15) is 0 Å². The lowest BCUT2D eigenvalue weighted by Gasteiger charge is -2.39. The van der Waals surface area contributed by atoms with E-state index < -0.39 is 11.8 Å². The number of nitrogens with one attached hydrogen (secondary N) is 2. The number of hydrogen-bond donors (Lipinski definition) is 2. The molecular weight excluding hydrogens is 368 g/mol. The summed E-state index contributed by atoms with van der Waals surface area (Å²) in [5.74, 6) is -0.111. The van der Waals surface area contributed by atoms with Gasteiger partial charge in [-0.25, -0.2) is 0 Å². The van der Waals surface area contributed by atoms with E-state index in [1.165, 1.54) is 5.69 Å². The molecular formula is C22H30N4O3. The molecule has 1 saturated heterocycles. The van der Waals surface area contributed by atoms with Crippen molar-refractivity contribution < 1.29 is 14.0 Å². The van der Waals surface area contributed by atoms with Gasteiger partial charge in [-0.3, -0.25) is 14.5 Å². The summed E-state index contributed by atoms with van der Waals surface area (Å²) in [4.78, 5) is 28.8. The lowest BCUT2D eigenvalue weighted by atomic mass is 10.1. The average molecular weight is 399 g/mol. The summed E-state index contributed by atoms with van der Waals surface area (Å²) in [6, 6.07) is 14.0. The summed E-state index contributed by atoms with van der Waals surface area (Å²) in [5.41, 5.74) is 1.22. The average Bonchev–Trinajstić information content (AvgIpc) is 3.27. The maximum atomic E-state index is 12.2. The number of amides is 2. The number of furan rings is 1.